The highest BCUT2D eigenvalue weighted by Gasteiger charge is 2.28. The van der Waals surface area contributed by atoms with Crippen LogP contribution in [-0.4, -0.2) is 29.3 Å². The lowest BCUT2D eigenvalue weighted by molar-refractivity contribution is -0.141. The minimum absolute atomic E-state index is 0.0448. The molecule has 6 heteroatoms. The highest BCUT2D eigenvalue weighted by molar-refractivity contribution is 6.35. The maximum Gasteiger partial charge on any atom is 0.242 e. The van der Waals surface area contributed by atoms with Crippen molar-refractivity contribution in [1.82, 2.24) is 10.2 Å². The predicted molar refractivity (Wildman–Crippen MR) is 94.7 cm³/mol. The van der Waals surface area contributed by atoms with Crippen molar-refractivity contribution in [1.29, 1.82) is 0 Å². The fourth-order valence-corrected chi connectivity index (χ4v) is 2.87. The third-order valence-electron chi connectivity index (χ3n) is 3.56. The van der Waals surface area contributed by atoms with Crippen molar-refractivity contribution in [2.75, 3.05) is 6.54 Å². The van der Waals surface area contributed by atoms with Crippen LogP contribution in [-0.2, 0) is 16.1 Å². The van der Waals surface area contributed by atoms with Gasteiger partial charge in [-0.25, -0.2) is 0 Å². The number of benzene rings is 1. The van der Waals surface area contributed by atoms with Crippen LogP contribution in [0.4, 0.5) is 0 Å². The molecular weight excluding hydrogens is 335 g/mol. The zero-order valence-corrected chi connectivity index (χ0v) is 15.4. The summed E-state index contributed by atoms with van der Waals surface area (Å²) in [7, 11) is 0. The number of rotatable bonds is 8. The van der Waals surface area contributed by atoms with Crippen molar-refractivity contribution in [2.24, 2.45) is 0 Å². The molecule has 0 bridgehead atoms. The Morgan fingerprint density at radius 3 is 2.43 bits per heavy atom. The molecule has 1 rings (SSSR count). The molecule has 4 nitrogen and oxygen atoms in total. The minimum Gasteiger partial charge on any atom is -0.355 e. The Kier molecular flexibility index (Phi) is 8.42. The SMILES string of the molecule is CCCC(=O)N(Cc1ccc(Cl)cc1Cl)[C@H](CC)C(=O)NCC. The Morgan fingerprint density at radius 1 is 1.22 bits per heavy atom. The summed E-state index contributed by atoms with van der Waals surface area (Å²) in [6.45, 7) is 6.53. The molecule has 0 saturated heterocycles. The van der Waals surface area contributed by atoms with Crippen molar-refractivity contribution in [2.45, 2.75) is 52.6 Å². The molecule has 1 atom stereocenters. The minimum atomic E-state index is -0.499. The van der Waals surface area contributed by atoms with Gasteiger partial charge in [-0.2, -0.15) is 0 Å². The highest BCUT2D eigenvalue weighted by Crippen LogP contribution is 2.24. The van der Waals surface area contributed by atoms with E-state index in [1.165, 1.54) is 0 Å². The average Bonchev–Trinajstić information content (AvgIpc) is 2.49. The first-order valence-electron chi connectivity index (χ1n) is 7.95. The summed E-state index contributed by atoms with van der Waals surface area (Å²) in [6.07, 6.45) is 1.68. The fraction of sp³-hybridized carbons (Fsp3) is 0.529. The van der Waals surface area contributed by atoms with Gasteiger partial charge in [0, 0.05) is 29.6 Å². The second-order valence-corrected chi connectivity index (χ2v) is 6.17. The molecule has 0 unspecified atom stereocenters. The van der Waals surface area contributed by atoms with E-state index in [1.54, 1.807) is 23.1 Å². The molecule has 0 aliphatic rings. The van der Waals surface area contributed by atoms with Crippen LogP contribution in [0.2, 0.25) is 10.0 Å². The van der Waals surface area contributed by atoms with E-state index in [1.807, 2.05) is 20.8 Å². The Morgan fingerprint density at radius 2 is 1.91 bits per heavy atom. The fourth-order valence-electron chi connectivity index (χ4n) is 2.40. The topological polar surface area (TPSA) is 49.4 Å². The van der Waals surface area contributed by atoms with Crippen LogP contribution in [0.5, 0.6) is 0 Å². The first-order chi connectivity index (χ1) is 10.9. The van der Waals surface area contributed by atoms with Crippen molar-refractivity contribution >= 4 is 35.0 Å². The number of hydrogen-bond acceptors (Lipinski definition) is 2. The smallest absolute Gasteiger partial charge is 0.242 e. The van der Waals surface area contributed by atoms with E-state index in [4.69, 9.17) is 23.2 Å². The molecule has 1 aromatic carbocycles. The van der Waals surface area contributed by atoms with E-state index < -0.39 is 6.04 Å². The summed E-state index contributed by atoms with van der Waals surface area (Å²) in [4.78, 5) is 26.4. The summed E-state index contributed by atoms with van der Waals surface area (Å²) in [5.74, 6) is -0.179. The molecule has 0 spiro atoms. The Labute approximate surface area is 148 Å². The lowest BCUT2D eigenvalue weighted by Crippen LogP contribution is -2.48. The molecular formula is C17H24Cl2N2O2. The molecule has 0 heterocycles. The van der Waals surface area contributed by atoms with Crippen LogP contribution >= 0.6 is 23.2 Å². The molecule has 23 heavy (non-hydrogen) atoms. The molecule has 0 saturated carbocycles. The van der Waals surface area contributed by atoms with Crippen LogP contribution in [0.15, 0.2) is 18.2 Å². The van der Waals surface area contributed by atoms with E-state index in [0.717, 1.165) is 12.0 Å². The van der Waals surface area contributed by atoms with Gasteiger partial charge in [0.25, 0.3) is 0 Å². The molecule has 0 aliphatic heterocycles. The van der Waals surface area contributed by atoms with Gasteiger partial charge in [0.05, 0.1) is 0 Å². The van der Waals surface area contributed by atoms with Gasteiger partial charge in [0.2, 0.25) is 11.8 Å². The Hall–Kier alpha value is -1.26. The van der Waals surface area contributed by atoms with Crippen LogP contribution < -0.4 is 5.32 Å². The summed E-state index contributed by atoms with van der Waals surface area (Å²) in [6, 6.07) is 4.67. The number of carbonyl (C=O) groups excluding carboxylic acids is 2. The average molecular weight is 359 g/mol. The standard InChI is InChI=1S/C17H24Cl2N2O2/c1-4-7-16(22)21(15(5-2)17(23)20-6-3)11-12-8-9-13(18)10-14(12)19/h8-10,15H,4-7,11H2,1-3H3,(H,20,23)/t15-/m1/s1. The molecule has 128 valence electrons. The van der Waals surface area contributed by atoms with Gasteiger partial charge in [0.15, 0.2) is 0 Å². The second-order valence-electron chi connectivity index (χ2n) is 5.33. The third kappa shape index (κ3) is 5.70. The van der Waals surface area contributed by atoms with E-state index >= 15 is 0 Å². The quantitative estimate of drug-likeness (QED) is 0.762. The van der Waals surface area contributed by atoms with Crippen LogP contribution in [0, 0.1) is 0 Å². The Balaban J connectivity index is 3.08. The summed E-state index contributed by atoms with van der Waals surface area (Å²) < 4.78 is 0. The van der Waals surface area contributed by atoms with Crippen LogP contribution in [0.25, 0.3) is 0 Å². The molecule has 0 fully saturated rings. The Bertz CT molecular complexity index is 549. The maximum atomic E-state index is 12.5. The van der Waals surface area contributed by atoms with Gasteiger partial charge in [-0.05, 0) is 37.5 Å². The summed E-state index contributed by atoms with van der Waals surface area (Å²) in [5, 5.41) is 3.84. The molecule has 0 aliphatic carbocycles. The second kappa shape index (κ2) is 9.78. The molecule has 2 amide bonds. The number of likely N-dealkylation sites (N-methyl/N-ethyl adjacent to an activating group) is 1. The number of amides is 2. The van der Waals surface area contributed by atoms with E-state index in [9.17, 15) is 9.59 Å². The molecule has 1 aromatic rings. The van der Waals surface area contributed by atoms with Gasteiger partial charge >= 0.3 is 0 Å². The van der Waals surface area contributed by atoms with E-state index in [2.05, 4.69) is 5.32 Å². The van der Waals surface area contributed by atoms with Gasteiger partial charge in [0.1, 0.15) is 6.04 Å². The zero-order valence-electron chi connectivity index (χ0n) is 13.9. The van der Waals surface area contributed by atoms with Crippen LogP contribution in [0.1, 0.15) is 45.6 Å². The third-order valence-corrected chi connectivity index (χ3v) is 4.14. The van der Waals surface area contributed by atoms with E-state index in [-0.39, 0.29) is 11.8 Å². The van der Waals surface area contributed by atoms with Gasteiger partial charge < -0.3 is 10.2 Å². The first kappa shape index (κ1) is 19.8. The predicted octanol–water partition coefficient (Wildman–Crippen LogP) is 4.04. The lowest BCUT2D eigenvalue weighted by atomic mass is 10.1. The number of hydrogen-bond donors (Lipinski definition) is 1. The maximum absolute atomic E-state index is 12.5. The van der Waals surface area contributed by atoms with Crippen molar-refractivity contribution in [3.63, 3.8) is 0 Å². The van der Waals surface area contributed by atoms with Crippen molar-refractivity contribution < 1.29 is 9.59 Å². The molecule has 0 aromatic heterocycles. The zero-order chi connectivity index (χ0) is 17.4. The van der Waals surface area contributed by atoms with E-state index in [0.29, 0.717) is 36.0 Å². The van der Waals surface area contributed by atoms with Gasteiger partial charge in [-0.15, -0.1) is 0 Å². The van der Waals surface area contributed by atoms with Crippen molar-refractivity contribution in [3.05, 3.63) is 33.8 Å². The van der Waals surface area contributed by atoms with Gasteiger partial charge in [-0.3, -0.25) is 9.59 Å². The highest BCUT2D eigenvalue weighted by atomic mass is 35.5. The monoisotopic (exact) mass is 358 g/mol. The van der Waals surface area contributed by atoms with Gasteiger partial charge in [-0.1, -0.05) is 43.1 Å². The largest absolute Gasteiger partial charge is 0.355 e. The normalized spacial score (nSPS) is 11.9. The summed E-state index contributed by atoms with van der Waals surface area (Å²) in [5.41, 5.74) is 0.781. The molecule has 1 N–H and O–H groups in total. The number of carbonyl (C=O) groups is 2. The number of nitrogens with one attached hydrogen (secondary N) is 1. The number of nitrogens with zero attached hydrogens (tertiary/aromatic N) is 1. The summed E-state index contributed by atoms with van der Waals surface area (Å²) >= 11 is 12.1. The molecule has 0 radical (unpaired) electrons. The first-order valence-corrected chi connectivity index (χ1v) is 8.71. The number of halogens is 2. The van der Waals surface area contributed by atoms with Crippen LogP contribution in [0.3, 0.4) is 0 Å². The van der Waals surface area contributed by atoms with Crippen molar-refractivity contribution in [3.8, 4) is 0 Å². The lowest BCUT2D eigenvalue weighted by Gasteiger charge is -2.30.